The van der Waals surface area contributed by atoms with Crippen LogP contribution < -0.4 is 4.74 Å². The molecular weight excluding hydrogens is 210 g/mol. The number of aryl methyl sites for hydroxylation is 2. The number of rotatable bonds is 4. The van der Waals surface area contributed by atoms with Gasteiger partial charge in [0.1, 0.15) is 12.4 Å². The van der Waals surface area contributed by atoms with Crippen molar-refractivity contribution in [3.05, 3.63) is 59.4 Å². The summed E-state index contributed by atoms with van der Waals surface area (Å²) >= 11 is 0. The highest BCUT2D eigenvalue weighted by atomic mass is 16.5. The van der Waals surface area contributed by atoms with Crippen molar-refractivity contribution in [1.82, 2.24) is 4.98 Å². The number of ether oxygens (including phenoxy) is 1. The van der Waals surface area contributed by atoms with Crippen LogP contribution in [0.3, 0.4) is 0 Å². The Morgan fingerprint density at radius 3 is 2.65 bits per heavy atom. The molecule has 0 aliphatic carbocycles. The van der Waals surface area contributed by atoms with Crippen LogP contribution in [0.15, 0.2) is 42.5 Å². The molecule has 88 valence electrons. The van der Waals surface area contributed by atoms with Crippen molar-refractivity contribution in [2.24, 2.45) is 0 Å². The van der Waals surface area contributed by atoms with E-state index in [0.717, 1.165) is 23.6 Å². The van der Waals surface area contributed by atoms with Gasteiger partial charge < -0.3 is 4.74 Å². The summed E-state index contributed by atoms with van der Waals surface area (Å²) in [6.07, 6.45) is 0.984. The predicted molar refractivity (Wildman–Crippen MR) is 69.1 cm³/mol. The van der Waals surface area contributed by atoms with Crippen LogP contribution in [0.2, 0.25) is 0 Å². The van der Waals surface area contributed by atoms with Crippen molar-refractivity contribution in [2.75, 3.05) is 0 Å². The lowest BCUT2D eigenvalue weighted by atomic mass is 10.1. The monoisotopic (exact) mass is 227 g/mol. The van der Waals surface area contributed by atoms with E-state index in [1.807, 2.05) is 43.3 Å². The minimum absolute atomic E-state index is 0.526. The molecular formula is C15H17NO. The summed E-state index contributed by atoms with van der Waals surface area (Å²) < 4.78 is 5.81. The quantitative estimate of drug-likeness (QED) is 0.797. The summed E-state index contributed by atoms with van der Waals surface area (Å²) in [5.41, 5.74) is 3.23. The summed E-state index contributed by atoms with van der Waals surface area (Å²) in [5, 5.41) is 0. The number of hydrogen-bond donors (Lipinski definition) is 0. The van der Waals surface area contributed by atoms with Gasteiger partial charge in [0.25, 0.3) is 0 Å². The molecule has 0 N–H and O–H groups in total. The van der Waals surface area contributed by atoms with Gasteiger partial charge in [-0.05, 0) is 37.1 Å². The highest BCUT2D eigenvalue weighted by Gasteiger charge is 2.01. The lowest BCUT2D eigenvalue weighted by Crippen LogP contribution is -2.00. The largest absolute Gasteiger partial charge is 0.487 e. The van der Waals surface area contributed by atoms with Crippen molar-refractivity contribution < 1.29 is 4.74 Å². The van der Waals surface area contributed by atoms with Gasteiger partial charge in [0, 0.05) is 5.69 Å². The van der Waals surface area contributed by atoms with Crippen LogP contribution in [0, 0.1) is 6.92 Å². The van der Waals surface area contributed by atoms with Crippen LogP contribution >= 0.6 is 0 Å². The molecule has 0 radical (unpaired) electrons. The normalized spacial score (nSPS) is 10.2. The Bertz CT molecular complexity index is 494. The third-order valence-corrected chi connectivity index (χ3v) is 2.68. The maximum atomic E-state index is 5.81. The fourth-order valence-electron chi connectivity index (χ4n) is 1.77. The van der Waals surface area contributed by atoms with Crippen LogP contribution in [-0.4, -0.2) is 4.98 Å². The molecule has 0 bridgehead atoms. The van der Waals surface area contributed by atoms with E-state index in [2.05, 4.69) is 18.0 Å². The number of para-hydroxylation sites is 1. The highest BCUT2D eigenvalue weighted by molar-refractivity contribution is 5.33. The Hall–Kier alpha value is -1.83. The number of aromatic nitrogens is 1. The van der Waals surface area contributed by atoms with E-state index in [1.54, 1.807) is 0 Å². The molecule has 0 aliphatic rings. The Morgan fingerprint density at radius 1 is 1.06 bits per heavy atom. The van der Waals surface area contributed by atoms with E-state index in [0.29, 0.717) is 6.61 Å². The van der Waals surface area contributed by atoms with Gasteiger partial charge in [0.2, 0.25) is 0 Å². The molecule has 0 aliphatic heterocycles. The second-order valence-electron chi connectivity index (χ2n) is 4.02. The molecule has 0 atom stereocenters. The Kier molecular flexibility index (Phi) is 3.76. The van der Waals surface area contributed by atoms with Gasteiger partial charge in [-0.1, -0.05) is 31.2 Å². The van der Waals surface area contributed by atoms with E-state index < -0.39 is 0 Å². The lowest BCUT2D eigenvalue weighted by Gasteiger charge is -2.09. The van der Waals surface area contributed by atoms with E-state index in [9.17, 15) is 0 Å². The average Bonchev–Trinajstić information content (AvgIpc) is 2.37. The van der Waals surface area contributed by atoms with Gasteiger partial charge in [-0.2, -0.15) is 0 Å². The van der Waals surface area contributed by atoms with Gasteiger partial charge in [-0.3, -0.25) is 4.98 Å². The zero-order chi connectivity index (χ0) is 12.1. The molecule has 1 heterocycles. The summed E-state index contributed by atoms with van der Waals surface area (Å²) in [5.74, 6) is 0.957. The smallest absolute Gasteiger partial charge is 0.130 e. The van der Waals surface area contributed by atoms with Gasteiger partial charge >= 0.3 is 0 Å². The number of nitrogens with zero attached hydrogens (tertiary/aromatic N) is 1. The average molecular weight is 227 g/mol. The summed E-state index contributed by atoms with van der Waals surface area (Å²) in [6.45, 7) is 4.65. The molecule has 1 aromatic heterocycles. The predicted octanol–water partition coefficient (Wildman–Crippen LogP) is 3.53. The Balaban J connectivity index is 2.07. The Labute approximate surface area is 102 Å². The topological polar surface area (TPSA) is 22.1 Å². The SMILES string of the molecule is CCc1ccccc1OCc1cccc(C)n1. The van der Waals surface area contributed by atoms with Crippen molar-refractivity contribution in [3.63, 3.8) is 0 Å². The van der Waals surface area contributed by atoms with E-state index >= 15 is 0 Å². The van der Waals surface area contributed by atoms with Crippen LogP contribution in [-0.2, 0) is 13.0 Å². The second kappa shape index (κ2) is 5.48. The van der Waals surface area contributed by atoms with Crippen molar-refractivity contribution in [3.8, 4) is 5.75 Å². The lowest BCUT2D eigenvalue weighted by molar-refractivity contribution is 0.298. The van der Waals surface area contributed by atoms with Gasteiger partial charge in [0.15, 0.2) is 0 Å². The molecule has 1 aromatic carbocycles. The fraction of sp³-hybridized carbons (Fsp3) is 0.267. The molecule has 0 saturated heterocycles. The second-order valence-corrected chi connectivity index (χ2v) is 4.02. The van der Waals surface area contributed by atoms with Crippen molar-refractivity contribution >= 4 is 0 Å². The van der Waals surface area contributed by atoms with Crippen LogP contribution in [0.4, 0.5) is 0 Å². The molecule has 0 spiro atoms. The van der Waals surface area contributed by atoms with E-state index in [4.69, 9.17) is 4.74 Å². The standard InChI is InChI=1S/C15H17NO/c1-3-13-8-4-5-10-15(13)17-11-14-9-6-7-12(2)16-14/h4-10H,3,11H2,1-2H3. The minimum atomic E-state index is 0.526. The number of benzene rings is 1. The van der Waals surface area contributed by atoms with E-state index in [1.165, 1.54) is 5.56 Å². The molecule has 0 amide bonds. The summed E-state index contributed by atoms with van der Waals surface area (Å²) in [4.78, 5) is 4.42. The first kappa shape index (κ1) is 11.6. The van der Waals surface area contributed by atoms with Crippen molar-refractivity contribution in [2.45, 2.75) is 26.9 Å². The molecule has 2 rings (SSSR count). The molecule has 2 nitrogen and oxygen atoms in total. The first-order valence-corrected chi connectivity index (χ1v) is 5.93. The summed E-state index contributed by atoms with van der Waals surface area (Å²) in [6, 6.07) is 14.1. The first-order chi connectivity index (χ1) is 8.29. The maximum absolute atomic E-state index is 5.81. The molecule has 0 unspecified atom stereocenters. The molecule has 2 heteroatoms. The number of hydrogen-bond acceptors (Lipinski definition) is 2. The maximum Gasteiger partial charge on any atom is 0.130 e. The highest BCUT2D eigenvalue weighted by Crippen LogP contribution is 2.19. The third-order valence-electron chi connectivity index (χ3n) is 2.68. The zero-order valence-corrected chi connectivity index (χ0v) is 10.3. The van der Waals surface area contributed by atoms with Gasteiger partial charge in [0.05, 0.1) is 5.69 Å². The molecule has 0 saturated carbocycles. The third kappa shape index (κ3) is 3.06. The fourth-order valence-corrected chi connectivity index (χ4v) is 1.77. The zero-order valence-electron chi connectivity index (χ0n) is 10.3. The van der Waals surface area contributed by atoms with E-state index in [-0.39, 0.29) is 0 Å². The van der Waals surface area contributed by atoms with Gasteiger partial charge in [-0.25, -0.2) is 0 Å². The number of pyridine rings is 1. The Morgan fingerprint density at radius 2 is 1.88 bits per heavy atom. The van der Waals surface area contributed by atoms with Crippen LogP contribution in [0.25, 0.3) is 0 Å². The van der Waals surface area contributed by atoms with Gasteiger partial charge in [-0.15, -0.1) is 0 Å². The van der Waals surface area contributed by atoms with Crippen molar-refractivity contribution in [1.29, 1.82) is 0 Å². The van der Waals surface area contributed by atoms with Crippen LogP contribution in [0.5, 0.6) is 5.75 Å². The molecule has 2 aromatic rings. The van der Waals surface area contributed by atoms with Crippen LogP contribution in [0.1, 0.15) is 23.9 Å². The molecule has 17 heavy (non-hydrogen) atoms. The minimum Gasteiger partial charge on any atom is -0.487 e. The summed E-state index contributed by atoms with van der Waals surface area (Å²) in [7, 11) is 0. The first-order valence-electron chi connectivity index (χ1n) is 5.93. The molecule has 0 fully saturated rings.